The highest BCUT2D eigenvalue weighted by Gasteiger charge is 2.46. The molecule has 0 amide bonds. The molecule has 0 bridgehead atoms. The van der Waals surface area contributed by atoms with Crippen LogP contribution in [0.3, 0.4) is 0 Å². The SMILES string of the molecule is c1ccc(-c2cc(-c3ccccc3)nc(-c3ccc(-c4ccc(-c5cc6c(cc5-c5ccc7ccccc7c5)-c5ccccc5C6(c5ccccc5)c5ccccc5)cc4)cc3)n2)cc1. The van der Waals surface area contributed by atoms with Gasteiger partial charge >= 0.3 is 0 Å². The molecular formula is C63H42N2. The summed E-state index contributed by atoms with van der Waals surface area (Å²) in [6, 6.07) is 92.1. The molecule has 10 aromatic carbocycles. The summed E-state index contributed by atoms with van der Waals surface area (Å²) in [7, 11) is 0. The van der Waals surface area contributed by atoms with Gasteiger partial charge in [0.1, 0.15) is 0 Å². The lowest BCUT2D eigenvalue weighted by Gasteiger charge is -2.34. The van der Waals surface area contributed by atoms with E-state index in [0.717, 1.165) is 39.2 Å². The molecule has 2 heteroatoms. The van der Waals surface area contributed by atoms with E-state index in [-0.39, 0.29) is 0 Å². The molecule has 2 nitrogen and oxygen atoms in total. The third-order valence-electron chi connectivity index (χ3n) is 13.2. The van der Waals surface area contributed by atoms with E-state index < -0.39 is 5.41 Å². The lowest BCUT2D eigenvalue weighted by atomic mass is 9.67. The van der Waals surface area contributed by atoms with Gasteiger partial charge < -0.3 is 0 Å². The van der Waals surface area contributed by atoms with Gasteiger partial charge in [-0.15, -0.1) is 0 Å². The van der Waals surface area contributed by atoms with Crippen LogP contribution < -0.4 is 0 Å². The van der Waals surface area contributed by atoms with Crippen molar-refractivity contribution in [2.24, 2.45) is 0 Å². The van der Waals surface area contributed by atoms with Crippen LogP contribution in [0.4, 0.5) is 0 Å². The van der Waals surface area contributed by atoms with Crippen molar-refractivity contribution in [2.45, 2.75) is 5.41 Å². The molecule has 11 aromatic rings. The third kappa shape index (κ3) is 6.67. The van der Waals surface area contributed by atoms with E-state index in [0.29, 0.717) is 5.82 Å². The lowest BCUT2D eigenvalue weighted by molar-refractivity contribution is 0.769. The van der Waals surface area contributed by atoms with Crippen LogP contribution in [0.15, 0.2) is 255 Å². The Morgan fingerprint density at radius 3 is 1.31 bits per heavy atom. The second-order valence-electron chi connectivity index (χ2n) is 16.9. The van der Waals surface area contributed by atoms with Crippen LogP contribution in [0.5, 0.6) is 0 Å². The number of benzene rings is 10. The molecule has 65 heavy (non-hydrogen) atoms. The summed E-state index contributed by atoms with van der Waals surface area (Å²) in [6.45, 7) is 0. The monoisotopic (exact) mass is 826 g/mol. The smallest absolute Gasteiger partial charge is 0.160 e. The van der Waals surface area contributed by atoms with Crippen molar-refractivity contribution < 1.29 is 0 Å². The van der Waals surface area contributed by atoms with Crippen LogP contribution in [0.25, 0.3) is 89.2 Å². The summed E-state index contributed by atoms with van der Waals surface area (Å²) in [5, 5.41) is 2.46. The summed E-state index contributed by atoms with van der Waals surface area (Å²) < 4.78 is 0. The first-order valence-electron chi connectivity index (χ1n) is 22.3. The van der Waals surface area contributed by atoms with Crippen molar-refractivity contribution in [3.63, 3.8) is 0 Å². The van der Waals surface area contributed by atoms with E-state index in [4.69, 9.17) is 9.97 Å². The quantitative estimate of drug-likeness (QED) is 0.152. The molecule has 1 aromatic heterocycles. The van der Waals surface area contributed by atoms with Crippen LogP contribution >= 0.6 is 0 Å². The first-order chi connectivity index (χ1) is 32.2. The Balaban J connectivity index is 0.983. The number of fused-ring (bicyclic) bond motifs is 4. The Kier molecular flexibility index (Phi) is 9.43. The number of hydrogen-bond donors (Lipinski definition) is 0. The highest BCUT2D eigenvalue weighted by molar-refractivity contribution is 5.97. The van der Waals surface area contributed by atoms with E-state index in [9.17, 15) is 0 Å². The van der Waals surface area contributed by atoms with E-state index in [1.54, 1.807) is 0 Å². The zero-order valence-corrected chi connectivity index (χ0v) is 35.6. The van der Waals surface area contributed by atoms with Crippen molar-refractivity contribution in [3.05, 3.63) is 277 Å². The topological polar surface area (TPSA) is 25.8 Å². The molecule has 0 radical (unpaired) electrons. The molecule has 0 N–H and O–H groups in total. The fraction of sp³-hybridized carbons (Fsp3) is 0.0159. The molecule has 0 spiro atoms. The van der Waals surface area contributed by atoms with Gasteiger partial charge in [-0.3, -0.25) is 0 Å². The van der Waals surface area contributed by atoms with Crippen molar-refractivity contribution in [1.29, 1.82) is 0 Å². The Bertz CT molecular complexity index is 3390. The average molecular weight is 827 g/mol. The molecule has 0 unspecified atom stereocenters. The highest BCUT2D eigenvalue weighted by atomic mass is 14.9. The molecule has 0 saturated heterocycles. The maximum Gasteiger partial charge on any atom is 0.160 e. The van der Waals surface area contributed by atoms with Crippen LogP contribution in [0, 0.1) is 0 Å². The number of rotatable bonds is 8. The predicted molar refractivity (Wildman–Crippen MR) is 269 cm³/mol. The van der Waals surface area contributed by atoms with Crippen LogP contribution in [0.2, 0.25) is 0 Å². The molecule has 1 aliphatic rings. The van der Waals surface area contributed by atoms with Crippen molar-refractivity contribution in [3.8, 4) is 78.4 Å². The zero-order chi connectivity index (χ0) is 43.2. The summed E-state index contributed by atoms with van der Waals surface area (Å²) >= 11 is 0. The van der Waals surface area contributed by atoms with Gasteiger partial charge in [0.25, 0.3) is 0 Å². The maximum atomic E-state index is 5.07. The van der Waals surface area contributed by atoms with Crippen molar-refractivity contribution >= 4 is 10.8 Å². The zero-order valence-electron chi connectivity index (χ0n) is 35.6. The molecule has 0 fully saturated rings. The normalized spacial score (nSPS) is 12.4. The van der Waals surface area contributed by atoms with Gasteiger partial charge in [-0.25, -0.2) is 9.97 Å². The fourth-order valence-corrected chi connectivity index (χ4v) is 10.1. The Labute approximate surface area is 379 Å². The molecular weight excluding hydrogens is 785 g/mol. The van der Waals surface area contributed by atoms with Gasteiger partial charge in [0.2, 0.25) is 0 Å². The number of aromatic nitrogens is 2. The Hall–Kier alpha value is -8.46. The first-order valence-corrected chi connectivity index (χ1v) is 22.3. The van der Waals surface area contributed by atoms with Gasteiger partial charge in [-0.05, 0) is 102 Å². The largest absolute Gasteiger partial charge is 0.228 e. The second kappa shape index (κ2) is 16.0. The summed E-state index contributed by atoms with van der Waals surface area (Å²) in [6.07, 6.45) is 0. The van der Waals surface area contributed by atoms with Crippen molar-refractivity contribution in [2.75, 3.05) is 0 Å². The molecule has 0 atom stereocenters. The van der Waals surface area contributed by atoms with E-state index in [1.807, 2.05) is 12.1 Å². The Morgan fingerprint density at radius 1 is 0.246 bits per heavy atom. The minimum atomic E-state index is -0.501. The first kappa shape index (κ1) is 38.2. The summed E-state index contributed by atoms with van der Waals surface area (Å²) in [5.74, 6) is 0.703. The van der Waals surface area contributed by atoms with Gasteiger partial charge in [0.05, 0.1) is 16.8 Å². The van der Waals surface area contributed by atoms with E-state index >= 15 is 0 Å². The molecule has 0 saturated carbocycles. The van der Waals surface area contributed by atoms with Crippen LogP contribution in [0.1, 0.15) is 22.3 Å². The summed E-state index contributed by atoms with van der Waals surface area (Å²) in [5.41, 5.74) is 19.1. The molecule has 1 aliphatic carbocycles. The fourth-order valence-electron chi connectivity index (χ4n) is 10.1. The predicted octanol–water partition coefficient (Wildman–Crippen LogP) is 16.0. The molecule has 0 aliphatic heterocycles. The average Bonchev–Trinajstić information content (AvgIpc) is 3.69. The molecule has 304 valence electrons. The minimum absolute atomic E-state index is 0.501. The maximum absolute atomic E-state index is 5.07. The minimum Gasteiger partial charge on any atom is -0.228 e. The molecule has 12 rings (SSSR count). The van der Waals surface area contributed by atoms with Crippen molar-refractivity contribution in [1.82, 2.24) is 9.97 Å². The highest BCUT2D eigenvalue weighted by Crippen LogP contribution is 2.58. The standard InChI is InChI=1S/C63H42N2/c1-5-18-47(19-6-1)60-42-61(48-20-7-2-8-21-48)65-62(64-60)49-36-31-45(32-37-49)44-29-34-46(35-30-44)56-41-59-57(40-55(56)51-38-33-43-17-13-14-22-50(43)39-51)54-27-15-16-28-58(54)63(59,52-23-9-3-10-24-52)53-25-11-4-12-26-53/h1-42H. The van der Waals surface area contributed by atoms with Crippen LogP contribution in [-0.4, -0.2) is 9.97 Å². The van der Waals surface area contributed by atoms with E-state index in [2.05, 4.69) is 243 Å². The van der Waals surface area contributed by atoms with E-state index in [1.165, 1.54) is 66.4 Å². The third-order valence-corrected chi connectivity index (χ3v) is 13.2. The Morgan fingerprint density at radius 2 is 0.708 bits per heavy atom. The molecule has 1 heterocycles. The van der Waals surface area contributed by atoms with Gasteiger partial charge in [-0.2, -0.15) is 0 Å². The summed E-state index contributed by atoms with van der Waals surface area (Å²) in [4.78, 5) is 10.1. The van der Waals surface area contributed by atoms with Crippen LogP contribution in [-0.2, 0) is 5.41 Å². The number of nitrogens with zero attached hydrogens (tertiary/aromatic N) is 2. The number of hydrogen-bond acceptors (Lipinski definition) is 2. The van der Waals surface area contributed by atoms with Gasteiger partial charge in [-0.1, -0.05) is 231 Å². The van der Waals surface area contributed by atoms with Gasteiger partial charge in [0.15, 0.2) is 5.82 Å². The second-order valence-corrected chi connectivity index (χ2v) is 16.9. The van der Waals surface area contributed by atoms with Gasteiger partial charge in [0, 0.05) is 16.7 Å². The lowest BCUT2D eigenvalue weighted by Crippen LogP contribution is -2.28.